The fraction of sp³-hybridized carbons (Fsp3) is 0.261. The Morgan fingerprint density at radius 2 is 2.17 bits per heavy atom. The first-order valence-electron chi connectivity index (χ1n) is 10.2. The fourth-order valence-electron chi connectivity index (χ4n) is 3.80. The average molecular weight is 418 g/mol. The van der Waals surface area contributed by atoms with Crippen LogP contribution in [0, 0.1) is 12.8 Å². The Bertz CT molecular complexity index is 1210. The molecule has 1 atom stereocenters. The van der Waals surface area contributed by atoms with Crippen molar-refractivity contribution in [3.63, 3.8) is 0 Å². The molecule has 3 heterocycles. The highest BCUT2D eigenvalue weighted by Gasteiger charge is 2.23. The molecule has 7 heteroatoms. The number of rotatable bonds is 5. The Balaban J connectivity index is 1.34. The molecule has 2 aromatic heterocycles. The molecule has 0 radical (unpaired) electrons. The third kappa shape index (κ3) is 3.86. The molecule has 2 N–H and O–H groups in total. The van der Waals surface area contributed by atoms with Crippen LogP contribution in [0.1, 0.15) is 17.5 Å². The van der Waals surface area contributed by atoms with E-state index in [9.17, 15) is 4.79 Å². The van der Waals surface area contributed by atoms with E-state index >= 15 is 0 Å². The van der Waals surface area contributed by atoms with Crippen LogP contribution in [0.5, 0.6) is 0 Å². The van der Waals surface area contributed by atoms with Gasteiger partial charge < -0.3 is 10.6 Å². The number of hydrogen-bond acceptors (Lipinski definition) is 5. The molecule has 1 fully saturated rings. The summed E-state index contributed by atoms with van der Waals surface area (Å²) in [6, 6.07) is 14.6. The van der Waals surface area contributed by atoms with Crippen molar-refractivity contribution in [1.82, 2.24) is 20.1 Å². The maximum atomic E-state index is 12.4. The van der Waals surface area contributed by atoms with Gasteiger partial charge in [-0.15, -0.1) is 0 Å². The minimum atomic E-state index is 0.0339. The summed E-state index contributed by atoms with van der Waals surface area (Å²) < 4.78 is 3.02. The van der Waals surface area contributed by atoms with Crippen molar-refractivity contribution in [2.75, 3.05) is 18.4 Å². The second kappa shape index (κ2) is 8.01. The number of amides is 1. The van der Waals surface area contributed by atoms with E-state index in [1.165, 1.54) is 22.5 Å². The van der Waals surface area contributed by atoms with E-state index in [-0.39, 0.29) is 11.8 Å². The van der Waals surface area contributed by atoms with Gasteiger partial charge in [0.2, 0.25) is 5.91 Å². The Kier molecular flexibility index (Phi) is 5.06. The van der Waals surface area contributed by atoms with Gasteiger partial charge in [-0.25, -0.2) is 4.98 Å². The first-order chi connectivity index (χ1) is 14.7. The van der Waals surface area contributed by atoms with E-state index in [0.717, 1.165) is 47.4 Å². The van der Waals surface area contributed by atoms with E-state index < -0.39 is 0 Å². The van der Waals surface area contributed by atoms with E-state index in [4.69, 9.17) is 0 Å². The van der Waals surface area contributed by atoms with E-state index in [2.05, 4.69) is 70.2 Å². The maximum Gasteiger partial charge on any atom is 0.230 e. The van der Waals surface area contributed by atoms with Crippen LogP contribution in [0.25, 0.3) is 21.3 Å². The summed E-state index contributed by atoms with van der Waals surface area (Å²) >= 11 is 1.51. The normalized spacial score (nSPS) is 16.2. The van der Waals surface area contributed by atoms with Gasteiger partial charge in [-0.3, -0.25) is 9.48 Å². The molecule has 4 aromatic rings. The van der Waals surface area contributed by atoms with E-state index in [0.29, 0.717) is 5.13 Å². The first kappa shape index (κ1) is 19.0. The largest absolute Gasteiger partial charge is 0.316 e. The number of aryl methyl sites for hydroxylation is 1. The Hall–Kier alpha value is -3.03. The zero-order valence-corrected chi connectivity index (χ0v) is 17.6. The molecule has 6 nitrogen and oxygen atoms in total. The van der Waals surface area contributed by atoms with Crippen molar-refractivity contribution in [1.29, 1.82) is 0 Å². The van der Waals surface area contributed by atoms with E-state index in [1.807, 2.05) is 16.9 Å². The predicted octanol–water partition coefficient (Wildman–Crippen LogP) is 4.06. The van der Waals surface area contributed by atoms with Crippen molar-refractivity contribution < 1.29 is 4.79 Å². The highest BCUT2D eigenvalue weighted by molar-refractivity contribution is 7.22. The fourth-order valence-corrected chi connectivity index (χ4v) is 4.71. The second-order valence-electron chi connectivity index (χ2n) is 7.73. The van der Waals surface area contributed by atoms with Gasteiger partial charge >= 0.3 is 0 Å². The summed E-state index contributed by atoms with van der Waals surface area (Å²) in [4.78, 5) is 16.9. The number of nitrogens with zero attached hydrogens (tertiary/aromatic N) is 3. The van der Waals surface area contributed by atoms with Gasteiger partial charge in [0.25, 0.3) is 0 Å². The smallest absolute Gasteiger partial charge is 0.230 e. The lowest BCUT2D eigenvalue weighted by Gasteiger charge is -2.06. The number of aromatic nitrogens is 3. The molecular weight excluding hydrogens is 394 g/mol. The van der Waals surface area contributed by atoms with Gasteiger partial charge in [-0.05, 0) is 48.7 Å². The highest BCUT2D eigenvalue weighted by Crippen LogP contribution is 2.31. The lowest BCUT2D eigenvalue weighted by Crippen LogP contribution is -2.24. The molecule has 0 aliphatic carbocycles. The number of thiazole rings is 1. The summed E-state index contributed by atoms with van der Waals surface area (Å²) in [6.45, 7) is 4.52. The van der Waals surface area contributed by atoms with Crippen molar-refractivity contribution in [2.45, 2.75) is 19.9 Å². The lowest BCUT2D eigenvalue weighted by molar-refractivity contribution is -0.119. The van der Waals surface area contributed by atoms with Crippen LogP contribution in [0.3, 0.4) is 0 Å². The van der Waals surface area contributed by atoms with Crippen LogP contribution in [-0.4, -0.2) is 33.8 Å². The Morgan fingerprint density at radius 3 is 3.00 bits per heavy atom. The van der Waals surface area contributed by atoms with Crippen LogP contribution < -0.4 is 10.6 Å². The molecule has 1 amide bonds. The Morgan fingerprint density at radius 1 is 1.27 bits per heavy atom. The summed E-state index contributed by atoms with van der Waals surface area (Å²) in [7, 11) is 0. The van der Waals surface area contributed by atoms with Gasteiger partial charge in [0.1, 0.15) is 0 Å². The monoisotopic (exact) mass is 417 g/mol. The molecule has 1 saturated heterocycles. The van der Waals surface area contributed by atoms with Crippen LogP contribution in [-0.2, 0) is 11.3 Å². The third-order valence-corrected chi connectivity index (χ3v) is 6.54. The summed E-state index contributed by atoms with van der Waals surface area (Å²) in [5.74, 6) is 0.0865. The number of carbonyl (C=O) groups excluding carboxylic acids is 1. The molecule has 0 spiro atoms. The quantitative estimate of drug-likeness (QED) is 0.514. The molecule has 1 aliphatic heterocycles. The average Bonchev–Trinajstić information content (AvgIpc) is 3.49. The zero-order valence-electron chi connectivity index (χ0n) is 16.8. The highest BCUT2D eigenvalue weighted by atomic mass is 32.1. The zero-order chi connectivity index (χ0) is 20.5. The van der Waals surface area contributed by atoms with Gasteiger partial charge in [-0.1, -0.05) is 41.7 Å². The molecule has 1 aliphatic rings. The van der Waals surface area contributed by atoms with Crippen LogP contribution in [0.4, 0.5) is 5.13 Å². The second-order valence-corrected chi connectivity index (χ2v) is 8.76. The topological polar surface area (TPSA) is 71.8 Å². The molecule has 0 unspecified atom stereocenters. The standard InChI is InChI=1S/C23H23N5OS/c1-15-4-2-3-5-18(15)13-28-14-19(12-25-28)16-6-7-20-21(10-16)30-23(26-20)27-22(29)17-8-9-24-11-17/h2-7,10,12,14,17,24H,8-9,11,13H2,1H3,(H,26,27,29)/t17-/m1/s1. The van der Waals surface area contributed by atoms with Crippen LogP contribution in [0.2, 0.25) is 0 Å². The van der Waals surface area contributed by atoms with Crippen LogP contribution >= 0.6 is 11.3 Å². The molecule has 5 rings (SSSR count). The van der Waals surface area contributed by atoms with Crippen molar-refractivity contribution in [3.05, 3.63) is 66.0 Å². The van der Waals surface area contributed by atoms with Crippen LogP contribution in [0.15, 0.2) is 54.9 Å². The molecule has 2 aromatic carbocycles. The third-order valence-electron chi connectivity index (χ3n) is 5.61. The first-order valence-corrected chi connectivity index (χ1v) is 11.0. The summed E-state index contributed by atoms with van der Waals surface area (Å²) in [5.41, 5.74) is 5.60. The minimum absolute atomic E-state index is 0.0339. The van der Waals surface area contributed by atoms with Crippen molar-refractivity contribution in [2.24, 2.45) is 5.92 Å². The lowest BCUT2D eigenvalue weighted by atomic mass is 10.1. The maximum absolute atomic E-state index is 12.4. The number of nitrogens with one attached hydrogen (secondary N) is 2. The van der Waals surface area contributed by atoms with Gasteiger partial charge in [0.05, 0.1) is 28.9 Å². The molecule has 0 saturated carbocycles. The van der Waals surface area contributed by atoms with Gasteiger partial charge in [0.15, 0.2) is 5.13 Å². The van der Waals surface area contributed by atoms with Crippen molar-refractivity contribution >= 4 is 32.6 Å². The minimum Gasteiger partial charge on any atom is -0.316 e. The SMILES string of the molecule is Cc1ccccc1Cn1cc(-c2ccc3nc(NC(=O)[C@@H]4CCNC4)sc3c2)cn1. The summed E-state index contributed by atoms with van der Waals surface area (Å²) in [6.07, 6.45) is 4.86. The Labute approximate surface area is 179 Å². The van der Waals surface area contributed by atoms with Gasteiger partial charge in [-0.2, -0.15) is 5.10 Å². The van der Waals surface area contributed by atoms with Gasteiger partial charge in [0, 0.05) is 18.3 Å². The number of anilines is 1. The van der Waals surface area contributed by atoms with E-state index in [1.54, 1.807) is 0 Å². The predicted molar refractivity (Wildman–Crippen MR) is 121 cm³/mol. The molecular formula is C23H23N5OS. The number of benzene rings is 2. The summed E-state index contributed by atoms with van der Waals surface area (Å²) in [5, 5.41) is 11.4. The number of fused-ring (bicyclic) bond motifs is 1. The molecule has 0 bridgehead atoms. The molecule has 30 heavy (non-hydrogen) atoms. The van der Waals surface area contributed by atoms with Crippen molar-refractivity contribution in [3.8, 4) is 11.1 Å². The number of carbonyl (C=O) groups is 1. The number of hydrogen-bond donors (Lipinski definition) is 2. The molecule has 152 valence electrons.